The zero-order chi connectivity index (χ0) is 14.9. The second-order valence-corrected chi connectivity index (χ2v) is 5.82. The van der Waals surface area contributed by atoms with E-state index in [1.54, 1.807) is 0 Å². The van der Waals surface area contributed by atoms with Crippen LogP contribution in [-0.4, -0.2) is 35.1 Å². The molecule has 1 amide bonds. The fourth-order valence-electron chi connectivity index (χ4n) is 3.08. The number of pyridine rings is 1. The minimum Gasteiger partial charge on any atom is -0.396 e. The third kappa shape index (κ3) is 5.12. The number of piperidine rings is 1. The van der Waals surface area contributed by atoms with Gasteiger partial charge in [-0.2, -0.15) is 0 Å². The Balaban J connectivity index is 1.70. The van der Waals surface area contributed by atoms with Crippen molar-refractivity contribution in [1.29, 1.82) is 0 Å². The Morgan fingerprint density at radius 2 is 2.00 bits per heavy atom. The van der Waals surface area contributed by atoms with Crippen molar-refractivity contribution in [3.63, 3.8) is 0 Å². The maximum Gasteiger partial charge on any atom is 0.222 e. The van der Waals surface area contributed by atoms with Crippen molar-refractivity contribution >= 4 is 5.91 Å². The molecule has 1 saturated heterocycles. The maximum atomic E-state index is 12.3. The first kappa shape index (κ1) is 16.0. The van der Waals surface area contributed by atoms with Crippen molar-refractivity contribution in [2.24, 2.45) is 0 Å². The van der Waals surface area contributed by atoms with Gasteiger partial charge in [0.15, 0.2) is 12.4 Å². The van der Waals surface area contributed by atoms with Gasteiger partial charge in [0.1, 0.15) is 6.54 Å². The van der Waals surface area contributed by atoms with E-state index >= 15 is 0 Å². The standard InChI is InChI=1S/C17H27N2O2/c20-15-10-16-8-2-7-14-19(16)17(21)9-3-6-13-18-11-4-1-5-12-18/h1,4-5,11-12,16,20H,2-3,6-10,13-15H2/q+1. The lowest BCUT2D eigenvalue weighted by Crippen LogP contribution is -2.44. The van der Waals surface area contributed by atoms with Crippen LogP contribution >= 0.6 is 0 Å². The average molecular weight is 291 g/mol. The van der Waals surface area contributed by atoms with Gasteiger partial charge in [-0.05, 0) is 32.1 Å². The van der Waals surface area contributed by atoms with Crippen LogP contribution in [0, 0.1) is 0 Å². The van der Waals surface area contributed by atoms with Crippen molar-refractivity contribution in [1.82, 2.24) is 4.90 Å². The highest BCUT2D eigenvalue weighted by Gasteiger charge is 2.25. The van der Waals surface area contributed by atoms with Gasteiger partial charge < -0.3 is 10.0 Å². The van der Waals surface area contributed by atoms with Gasteiger partial charge in [0.2, 0.25) is 5.91 Å². The number of nitrogens with zero attached hydrogens (tertiary/aromatic N) is 2. The molecule has 0 aromatic carbocycles. The minimum atomic E-state index is 0.180. The zero-order valence-electron chi connectivity index (χ0n) is 12.8. The molecule has 1 aliphatic rings. The number of amides is 1. The first-order valence-electron chi connectivity index (χ1n) is 8.15. The lowest BCUT2D eigenvalue weighted by molar-refractivity contribution is -0.697. The molecule has 4 nitrogen and oxygen atoms in total. The molecule has 2 heterocycles. The van der Waals surface area contributed by atoms with Crippen molar-refractivity contribution in [3.05, 3.63) is 30.6 Å². The number of likely N-dealkylation sites (tertiary alicyclic amines) is 1. The quantitative estimate of drug-likeness (QED) is 0.616. The van der Waals surface area contributed by atoms with E-state index in [0.717, 1.165) is 45.2 Å². The Bertz CT molecular complexity index is 420. The summed E-state index contributed by atoms with van der Waals surface area (Å²) in [6.07, 6.45) is 10.8. The zero-order valence-corrected chi connectivity index (χ0v) is 12.8. The third-order valence-electron chi connectivity index (χ3n) is 4.24. The third-order valence-corrected chi connectivity index (χ3v) is 4.24. The van der Waals surface area contributed by atoms with Gasteiger partial charge in [0, 0.05) is 44.2 Å². The molecule has 1 aliphatic heterocycles. The number of carbonyl (C=O) groups is 1. The molecule has 0 radical (unpaired) electrons. The van der Waals surface area contributed by atoms with E-state index < -0.39 is 0 Å². The summed E-state index contributed by atoms with van der Waals surface area (Å²) in [5.41, 5.74) is 0. The number of rotatable bonds is 7. The van der Waals surface area contributed by atoms with Gasteiger partial charge in [-0.1, -0.05) is 6.07 Å². The molecule has 1 fully saturated rings. The molecule has 4 heteroatoms. The molecule has 1 N–H and O–H groups in total. The number of carbonyl (C=O) groups excluding carboxylic acids is 1. The van der Waals surface area contributed by atoms with Crippen molar-refractivity contribution < 1.29 is 14.5 Å². The molecule has 0 spiro atoms. The van der Waals surface area contributed by atoms with Gasteiger partial charge >= 0.3 is 0 Å². The lowest BCUT2D eigenvalue weighted by atomic mass is 9.99. The first-order chi connectivity index (χ1) is 10.3. The second kappa shape index (κ2) is 8.78. The Morgan fingerprint density at radius 3 is 2.76 bits per heavy atom. The molecule has 1 unspecified atom stereocenters. The highest BCUT2D eigenvalue weighted by molar-refractivity contribution is 5.76. The predicted molar refractivity (Wildman–Crippen MR) is 81.5 cm³/mol. The Morgan fingerprint density at radius 1 is 1.19 bits per heavy atom. The first-order valence-corrected chi connectivity index (χ1v) is 8.15. The summed E-state index contributed by atoms with van der Waals surface area (Å²) in [7, 11) is 0. The molecule has 2 rings (SSSR count). The molecule has 1 atom stereocenters. The van der Waals surface area contributed by atoms with Crippen LogP contribution in [0.3, 0.4) is 0 Å². The number of aliphatic hydroxyl groups excluding tert-OH is 1. The summed E-state index contributed by atoms with van der Waals surface area (Å²) in [6, 6.07) is 6.33. The average Bonchev–Trinajstić information content (AvgIpc) is 2.53. The summed E-state index contributed by atoms with van der Waals surface area (Å²) < 4.78 is 2.15. The summed E-state index contributed by atoms with van der Waals surface area (Å²) in [5.74, 6) is 0.270. The Labute approximate surface area is 127 Å². The summed E-state index contributed by atoms with van der Waals surface area (Å²) >= 11 is 0. The van der Waals surface area contributed by atoms with E-state index in [0.29, 0.717) is 6.42 Å². The Hall–Kier alpha value is -1.42. The molecule has 0 aliphatic carbocycles. The molecule has 0 saturated carbocycles. The molecule has 0 bridgehead atoms. The van der Waals surface area contributed by atoms with Crippen molar-refractivity contribution in [3.8, 4) is 0 Å². The van der Waals surface area contributed by atoms with Gasteiger partial charge in [0.05, 0.1) is 0 Å². The molecule has 116 valence electrons. The Kier molecular flexibility index (Phi) is 6.67. The fourth-order valence-corrected chi connectivity index (χ4v) is 3.08. The molecular formula is C17H27N2O2+. The van der Waals surface area contributed by atoms with Crippen LogP contribution in [0.25, 0.3) is 0 Å². The number of hydrogen-bond donors (Lipinski definition) is 1. The van der Waals surface area contributed by atoms with Crippen LogP contribution in [0.2, 0.25) is 0 Å². The molecule has 1 aromatic rings. The highest BCUT2D eigenvalue weighted by Crippen LogP contribution is 2.20. The summed E-state index contributed by atoms with van der Waals surface area (Å²) in [6.45, 7) is 2.02. The highest BCUT2D eigenvalue weighted by atomic mass is 16.3. The molecular weight excluding hydrogens is 264 g/mol. The van der Waals surface area contributed by atoms with E-state index in [1.165, 1.54) is 6.42 Å². The topological polar surface area (TPSA) is 44.4 Å². The SMILES string of the molecule is O=C(CCCC[n+]1ccccc1)N1CCCCC1CCO. The van der Waals surface area contributed by atoms with E-state index in [1.807, 2.05) is 23.1 Å². The number of aromatic nitrogens is 1. The molecule has 21 heavy (non-hydrogen) atoms. The van der Waals surface area contributed by atoms with E-state index in [-0.39, 0.29) is 18.6 Å². The van der Waals surface area contributed by atoms with Gasteiger partial charge in [-0.15, -0.1) is 0 Å². The number of aliphatic hydroxyl groups is 1. The van der Waals surface area contributed by atoms with Crippen LogP contribution in [0.15, 0.2) is 30.6 Å². The van der Waals surface area contributed by atoms with E-state index in [4.69, 9.17) is 5.11 Å². The van der Waals surface area contributed by atoms with Gasteiger partial charge in [0.25, 0.3) is 0 Å². The van der Waals surface area contributed by atoms with Crippen LogP contribution in [-0.2, 0) is 11.3 Å². The smallest absolute Gasteiger partial charge is 0.222 e. The van der Waals surface area contributed by atoms with Gasteiger partial charge in [-0.3, -0.25) is 4.79 Å². The fraction of sp³-hybridized carbons (Fsp3) is 0.647. The van der Waals surface area contributed by atoms with Crippen LogP contribution in [0.5, 0.6) is 0 Å². The molecule has 1 aromatic heterocycles. The number of aryl methyl sites for hydroxylation is 1. The minimum absolute atomic E-state index is 0.180. The lowest BCUT2D eigenvalue weighted by Gasteiger charge is -2.35. The number of unbranched alkanes of at least 4 members (excludes halogenated alkanes) is 1. The van der Waals surface area contributed by atoms with Crippen LogP contribution in [0.1, 0.15) is 44.9 Å². The van der Waals surface area contributed by atoms with Crippen molar-refractivity contribution in [2.45, 2.75) is 57.5 Å². The van der Waals surface area contributed by atoms with Crippen LogP contribution in [0.4, 0.5) is 0 Å². The van der Waals surface area contributed by atoms with E-state index in [2.05, 4.69) is 17.0 Å². The monoisotopic (exact) mass is 291 g/mol. The second-order valence-electron chi connectivity index (χ2n) is 5.82. The predicted octanol–water partition coefficient (Wildman–Crippen LogP) is 1.91. The van der Waals surface area contributed by atoms with Gasteiger partial charge in [-0.25, -0.2) is 4.57 Å². The summed E-state index contributed by atoms with van der Waals surface area (Å²) in [4.78, 5) is 14.3. The normalized spacial score (nSPS) is 18.7. The van der Waals surface area contributed by atoms with Crippen molar-refractivity contribution in [2.75, 3.05) is 13.2 Å². The largest absolute Gasteiger partial charge is 0.396 e. The summed E-state index contributed by atoms with van der Waals surface area (Å²) in [5, 5.41) is 9.12. The van der Waals surface area contributed by atoms with Crippen LogP contribution < -0.4 is 4.57 Å². The number of hydrogen-bond acceptors (Lipinski definition) is 2. The van der Waals surface area contributed by atoms with E-state index in [9.17, 15) is 4.79 Å². The maximum absolute atomic E-state index is 12.3.